The molecule has 200 valence electrons. The second-order valence-electron chi connectivity index (χ2n) is 8.97. The molecule has 0 spiro atoms. The average molecular weight is 566 g/mol. The van der Waals surface area contributed by atoms with Crippen LogP contribution in [0.3, 0.4) is 0 Å². The molecule has 1 saturated heterocycles. The molecule has 1 N–H and O–H groups in total. The molecular formula is C28H24ClN3O6S. The van der Waals surface area contributed by atoms with Crippen LogP contribution in [0.25, 0.3) is 10.8 Å². The molecule has 1 aliphatic heterocycles. The van der Waals surface area contributed by atoms with Crippen LogP contribution in [0.15, 0.2) is 94.4 Å². The van der Waals surface area contributed by atoms with Crippen molar-refractivity contribution in [3.63, 3.8) is 0 Å². The lowest BCUT2D eigenvalue weighted by Gasteiger charge is -2.36. The first kappa shape index (κ1) is 26.5. The van der Waals surface area contributed by atoms with Crippen molar-refractivity contribution < 1.29 is 27.2 Å². The SMILES string of the molecule is O=C(N[C@@H](C(=O)N1CCN(C(=O)c2cccc3ccccc23)CC1)S(=O)(=O)c1ccc(Cl)cc1)c1ccco1. The van der Waals surface area contributed by atoms with Crippen molar-refractivity contribution >= 4 is 49.9 Å². The van der Waals surface area contributed by atoms with Crippen molar-refractivity contribution in [2.75, 3.05) is 26.2 Å². The van der Waals surface area contributed by atoms with Crippen LogP contribution in [0, 0.1) is 0 Å². The summed E-state index contributed by atoms with van der Waals surface area (Å²) in [6.07, 6.45) is 1.27. The summed E-state index contributed by atoms with van der Waals surface area (Å²) in [5.74, 6) is -1.96. The van der Waals surface area contributed by atoms with E-state index in [1.165, 1.54) is 47.6 Å². The molecule has 1 fully saturated rings. The largest absolute Gasteiger partial charge is 0.459 e. The number of rotatable bonds is 6. The predicted molar refractivity (Wildman–Crippen MR) is 145 cm³/mol. The lowest BCUT2D eigenvalue weighted by molar-refractivity contribution is -0.132. The first-order valence-electron chi connectivity index (χ1n) is 12.2. The predicted octanol–water partition coefficient (Wildman–Crippen LogP) is 3.60. The number of furan rings is 1. The summed E-state index contributed by atoms with van der Waals surface area (Å²) in [5.41, 5.74) is 0.557. The van der Waals surface area contributed by atoms with E-state index >= 15 is 0 Å². The zero-order chi connectivity index (χ0) is 27.6. The van der Waals surface area contributed by atoms with Gasteiger partial charge in [0.15, 0.2) is 5.76 Å². The fourth-order valence-electron chi connectivity index (χ4n) is 4.51. The number of fused-ring (bicyclic) bond motifs is 1. The first-order chi connectivity index (χ1) is 18.8. The molecule has 39 heavy (non-hydrogen) atoms. The normalized spacial score (nSPS) is 14.7. The number of hydrogen-bond donors (Lipinski definition) is 1. The highest BCUT2D eigenvalue weighted by atomic mass is 35.5. The van der Waals surface area contributed by atoms with Gasteiger partial charge >= 0.3 is 0 Å². The molecule has 0 radical (unpaired) electrons. The van der Waals surface area contributed by atoms with Gasteiger partial charge in [0.05, 0.1) is 11.2 Å². The van der Waals surface area contributed by atoms with Crippen molar-refractivity contribution in [1.29, 1.82) is 0 Å². The summed E-state index contributed by atoms with van der Waals surface area (Å²) in [6.45, 7) is 0.596. The van der Waals surface area contributed by atoms with Gasteiger partial charge in [-0.05, 0) is 53.2 Å². The number of carbonyl (C=O) groups excluding carboxylic acids is 3. The average Bonchev–Trinajstić information content (AvgIpc) is 3.50. The van der Waals surface area contributed by atoms with Crippen LogP contribution in [0.2, 0.25) is 5.02 Å². The minimum Gasteiger partial charge on any atom is -0.459 e. The van der Waals surface area contributed by atoms with Gasteiger partial charge in [-0.25, -0.2) is 8.42 Å². The first-order valence-corrected chi connectivity index (χ1v) is 14.1. The van der Waals surface area contributed by atoms with E-state index in [9.17, 15) is 22.8 Å². The number of carbonyl (C=O) groups is 3. The van der Waals surface area contributed by atoms with E-state index in [0.717, 1.165) is 10.8 Å². The molecule has 0 saturated carbocycles. The quantitative estimate of drug-likeness (QED) is 0.382. The zero-order valence-corrected chi connectivity index (χ0v) is 22.2. The molecule has 0 unspecified atom stereocenters. The molecule has 1 aliphatic rings. The van der Waals surface area contributed by atoms with E-state index in [1.54, 1.807) is 11.0 Å². The summed E-state index contributed by atoms with van der Waals surface area (Å²) < 4.78 is 32.1. The Kier molecular flexibility index (Phi) is 7.40. The van der Waals surface area contributed by atoms with Gasteiger partial charge in [-0.2, -0.15) is 0 Å². The molecule has 3 aromatic carbocycles. The van der Waals surface area contributed by atoms with E-state index in [-0.39, 0.29) is 42.7 Å². The van der Waals surface area contributed by atoms with Gasteiger partial charge in [0.1, 0.15) is 0 Å². The van der Waals surface area contributed by atoms with Gasteiger partial charge in [-0.3, -0.25) is 14.4 Å². The maximum atomic E-state index is 13.6. The molecule has 4 aromatic rings. The smallest absolute Gasteiger partial charge is 0.288 e. The standard InChI is InChI=1S/C28H24ClN3O6S/c29-20-10-12-21(13-11-20)39(36,37)26(30-25(33)24-9-4-18-38-24)28(35)32-16-14-31(15-17-32)27(34)23-8-3-6-19-5-1-2-7-22(19)23/h1-13,18,26H,14-17H2,(H,30,33)/t26-/m1/s1. The Bertz CT molecular complexity index is 1620. The summed E-state index contributed by atoms with van der Waals surface area (Å²) in [6, 6.07) is 21.3. The summed E-state index contributed by atoms with van der Waals surface area (Å²) in [5, 5.41) is 2.52. The van der Waals surface area contributed by atoms with Crippen LogP contribution < -0.4 is 5.32 Å². The van der Waals surface area contributed by atoms with Crippen molar-refractivity contribution in [2.24, 2.45) is 0 Å². The highest BCUT2D eigenvalue weighted by Crippen LogP contribution is 2.23. The number of nitrogens with one attached hydrogen (secondary N) is 1. The summed E-state index contributed by atoms with van der Waals surface area (Å²) >= 11 is 5.91. The maximum absolute atomic E-state index is 13.6. The van der Waals surface area contributed by atoms with Gasteiger partial charge in [-0.1, -0.05) is 48.0 Å². The van der Waals surface area contributed by atoms with Crippen molar-refractivity contribution in [3.8, 4) is 0 Å². The Morgan fingerprint density at radius 3 is 2.18 bits per heavy atom. The molecule has 0 bridgehead atoms. The highest BCUT2D eigenvalue weighted by molar-refractivity contribution is 7.92. The van der Waals surface area contributed by atoms with E-state index in [1.807, 2.05) is 36.4 Å². The third-order valence-corrected chi connectivity index (χ3v) is 8.70. The van der Waals surface area contributed by atoms with E-state index in [2.05, 4.69) is 5.32 Å². The number of sulfone groups is 1. The maximum Gasteiger partial charge on any atom is 0.288 e. The Labute approximate surface area is 229 Å². The Morgan fingerprint density at radius 2 is 1.49 bits per heavy atom. The molecule has 2 heterocycles. The lowest BCUT2D eigenvalue weighted by atomic mass is 10.0. The second-order valence-corrected chi connectivity index (χ2v) is 11.4. The Balaban J connectivity index is 1.35. The van der Waals surface area contributed by atoms with Crippen LogP contribution in [-0.4, -0.2) is 67.5 Å². The van der Waals surface area contributed by atoms with E-state index in [4.69, 9.17) is 16.0 Å². The van der Waals surface area contributed by atoms with E-state index < -0.39 is 27.0 Å². The van der Waals surface area contributed by atoms with Crippen LogP contribution >= 0.6 is 11.6 Å². The fraction of sp³-hybridized carbons (Fsp3) is 0.179. The fourth-order valence-corrected chi connectivity index (χ4v) is 6.10. The van der Waals surface area contributed by atoms with Gasteiger partial charge in [0.2, 0.25) is 15.2 Å². The van der Waals surface area contributed by atoms with Crippen molar-refractivity contribution in [3.05, 3.63) is 101 Å². The lowest BCUT2D eigenvalue weighted by Crippen LogP contribution is -2.57. The topological polar surface area (TPSA) is 117 Å². The number of amides is 3. The molecule has 5 rings (SSSR count). The Morgan fingerprint density at radius 1 is 0.821 bits per heavy atom. The zero-order valence-electron chi connectivity index (χ0n) is 20.6. The number of hydrogen-bond acceptors (Lipinski definition) is 6. The third kappa shape index (κ3) is 5.39. The van der Waals surface area contributed by atoms with Crippen LogP contribution in [-0.2, 0) is 14.6 Å². The minimum absolute atomic E-state index is 0.0958. The third-order valence-electron chi connectivity index (χ3n) is 6.58. The molecular weight excluding hydrogens is 542 g/mol. The molecule has 3 amide bonds. The molecule has 11 heteroatoms. The Hall–Kier alpha value is -4.15. The van der Waals surface area contributed by atoms with Gasteiger partial charge in [0.25, 0.3) is 17.7 Å². The molecule has 0 aliphatic carbocycles. The molecule has 1 aromatic heterocycles. The van der Waals surface area contributed by atoms with Gasteiger partial charge in [0, 0.05) is 36.8 Å². The molecule has 9 nitrogen and oxygen atoms in total. The monoisotopic (exact) mass is 565 g/mol. The van der Waals surface area contributed by atoms with Gasteiger partial charge in [-0.15, -0.1) is 0 Å². The summed E-state index contributed by atoms with van der Waals surface area (Å²) in [4.78, 5) is 42.4. The minimum atomic E-state index is -4.35. The van der Waals surface area contributed by atoms with Crippen LogP contribution in [0.1, 0.15) is 20.9 Å². The van der Waals surface area contributed by atoms with Crippen molar-refractivity contribution in [1.82, 2.24) is 15.1 Å². The number of nitrogens with zero attached hydrogens (tertiary/aromatic N) is 2. The summed E-state index contributed by atoms with van der Waals surface area (Å²) in [7, 11) is -4.35. The number of piperazine rings is 1. The highest BCUT2D eigenvalue weighted by Gasteiger charge is 2.40. The van der Waals surface area contributed by atoms with Crippen molar-refractivity contribution in [2.45, 2.75) is 10.3 Å². The number of benzene rings is 3. The van der Waals surface area contributed by atoms with Gasteiger partial charge < -0.3 is 19.5 Å². The molecule has 1 atom stereocenters. The van der Waals surface area contributed by atoms with Crippen LogP contribution in [0.5, 0.6) is 0 Å². The van der Waals surface area contributed by atoms with E-state index in [0.29, 0.717) is 10.6 Å². The number of halogens is 1. The van der Waals surface area contributed by atoms with Crippen LogP contribution in [0.4, 0.5) is 0 Å². The second kappa shape index (κ2) is 10.9.